The minimum Gasteiger partial charge on any atom is -0.465 e. The van der Waals surface area contributed by atoms with Gasteiger partial charge in [-0.3, -0.25) is 0 Å². The summed E-state index contributed by atoms with van der Waals surface area (Å²) in [6.45, 7) is 5.12. The van der Waals surface area contributed by atoms with E-state index in [0.717, 1.165) is 11.5 Å². The van der Waals surface area contributed by atoms with Crippen LogP contribution >= 0.6 is 0 Å². The molecule has 0 N–H and O–H groups in total. The summed E-state index contributed by atoms with van der Waals surface area (Å²) < 4.78 is 12.3. The Balaban J connectivity index is 1.34. The summed E-state index contributed by atoms with van der Waals surface area (Å²) in [4.78, 5) is 0. The Morgan fingerprint density at radius 1 is 0.465 bits per heavy atom. The smallest absolute Gasteiger partial charge is 0.130 e. The van der Waals surface area contributed by atoms with Gasteiger partial charge in [-0.2, -0.15) is 0 Å². The Hall–Kier alpha value is -4.86. The third-order valence-corrected chi connectivity index (χ3v) is 13.6. The Bertz CT molecular complexity index is 1830. The van der Waals surface area contributed by atoms with Crippen LogP contribution in [0.4, 0.5) is 0 Å². The number of fused-ring (bicyclic) bond motifs is 2. The normalized spacial score (nSPS) is 17.3. The highest BCUT2D eigenvalue weighted by molar-refractivity contribution is 6.84. The molecule has 0 amide bonds. The second-order valence-corrected chi connectivity index (χ2v) is 17.0. The lowest BCUT2D eigenvalue weighted by molar-refractivity contribution is 0.550. The van der Waals surface area contributed by atoms with Crippen molar-refractivity contribution in [2.75, 3.05) is 0 Å². The molecule has 2 heterocycles. The van der Waals surface area contributed by atoms with Crippen molar-refractivity contribution in [1.82, 2.24) is 0 Å². The average Bonchev–Trinajstić information content (AvgIpc) is 3.86. The van der Waals surface area contributed by atoms with Crippen molar-refractivity contribution in [2.45, 2.75) is 24.2 Å². The summed E-state index contributed by atoms with van der Waals surface area (Å²) in [6.07, 6.45) is 8.41. The number of furan rings is 2. The zero-order chi connectivity index (χ0) is 29.0. The van der Waals surface area contributed by atoms with Gasteiger partial charge < -0.3 is 8.83 Å². The van der Waals surface area contributed by atoms with E-state index < -0.39 is 8.07 Å². The highest BCUT2D eigenvalue weighted by Crippen LogP contribution is 2.58. The molecule has 43 heavy (non-hydrogen) atoms. The summed E-state index contributed by atoms with van der Waals surface area (Å²) in [7, 11) is -2.28. The van der Waals surface area contributed by atoms with E-state index in [4.69, 9.17) is 8.83 Å². The van der Waals surface area contributed by atoms with Crippen LogP contribution in [0.15, 0.2) is 143 Å². The van der Waals surface area contributed by atoms with E-state index in [0.29, 0.717) is 0 Å². The zero-order valence-corrected chi connectivity index (χ0v) is 25.3. The lowest BCUT2D eigenvalue weighted by Crippen LogP contribution is -2.42. The van der Waals surface area contributed by atoms with Crippen LogP contribution in [0.1, 0.15) is 44.9 Å². The van der Waals surface area contributed by atoms with Gasteiger partial charge in [0, 0.05) is 22.2 Å². The van der Waals surface area contributed by atoms with E-state index in [1.807, 2.05) is 12.1 Å². The molecule has 0 saturated carbocycles. The molecule has 8 rings (SSSR count). The molecule has 0 saturated heterocycles. The van der Waals surface area contributed by atoms with Crippen molar-refractivity contribution in [3.8, 4) is 22.3 Å². The number of allylic oxidation sites excluding steroid dienone is 2. The van der Waals surface area contributed by atoms with E-state index in [-0.39, 0.29) is 11.1 Å². The molecule has 0 fully saturated rings. The first-order chi connectivity index (χ1) is 21.1. The molecule has 2 unspecified atom stereocenters. The van der Waals surface area contributed by atoms with Crippen LogP contribution in [-0.4, -0.2) is 8.07 Å². The van der Waals surface area contributed by atoms with Gasteiger partial charge in [-0.05, 0) is 80.9 Å². The summed E-state index contributed by atoms with van der Waals surface area (Å²) >= 11 is 0. The SMILES string of the molecule is C[Si](C)(C1C(c2ccco2)=Cc2c(-c3ccccc3)cccc21)C1C(c2ccco2)=Cc2c(-c3ccccc3)cccc21. The molecule has 6 aromatic rings. The number of rotatable bonds is 6. The van der Waals surface area contributed by atoms with E-state index in [1.165, 1.54) is 55.7 Å². The Kier molecular flexibility index (Phi) is 6.09. The third kappa shape index (κ3) is 4.15. The first-order valence-electron chi connectivity index (χ1n) is 15.0. The largest absolute Gasteiger partial charge is 0.465 e. The van der Waals surface area contributed by atoms with Gasteiger partial charge in [0.2, 0.25) is 0 Å². The van der Waals surface area contributed by atoms with Crippen molar-refractivity contribution in [2.24, 2.45) is 0 Å². The average molecular weight is 573 g/mol. The minimum atomic E-state index is -2.28. The van der Waals surface area contributed by atoms with E-state index in [2.05, 4.69) is 134 Å². The van der Waals surface area contributed by atoms with Crippen LogP contribution in [0.25, 0.3) is 45.6 Å². The fourth-order valence-corrected chi connectivity index (χ4v) is 12.1. The van der Waals surface area contributed by atoms with Crippen LogP contribution in [0.2, 0.25) is 13.1 Å². The Labute approximate surface area is 253 Å². The van der Waals surface area contributed by atoms with Crippen molar-refractivity contribution >= 4 is 31.4 Å². The Morgan fingerprint density at radius 2 is 0.907 bits per heavy atom. The zero-order valence-electron chi connectivity index (χ0n) is 24.3. The van der Waals surface area contributed by atoms with Crippen molar-refractivity contribution in [1.29, 1.82) is 0 Å². The number of hydrogen-bond acceptors (Lipinski definition) is 2. The van der Waals surface area contributed by atoms with Crippen LogP contribution < -0.4 is 0 Å². The molecule has 0 radical (unpaired) electrons. The molecular formula is C40H32O2Si. The second-order valence-electron chi connectivity index (χ2n) is 12.2. The minimum absolute atomic E-state index is 0.229. The Morgan fingerprint density at radius 3 is 1.30 bits per heavy atom. The van der Waals surface area contributed by atoms with Crippen molar-refractivity contribution in [3.05, 3.63) is 168 Å². The van der Waals surface area contributed by atoms with Gasteiger partial charge >= 0.3 is 0 Å². The molecule has 0 aliphatic heterocycles. The maximum Gasteiger partial charge on any atom is 0.130 e. The quantitative estimate of drug-likeness (QED) is 0.186. The van der Waals surface area contributed by atoms with E-state index >= 15 is 0 Å². The molecule has 2 atom stereocenters. The molecule has 208 valence electrons. The van der Waals surface area contributed by atoms with Gasteiger partial charge in [-0.1, -0.05) is 110 Å². The van der Waals surface area contributed by atoms with Crippen LogP contribution in [-0.2, 0) is 0 Å². The van der Waals surface area contributed by atoms with E-state index in [1.54, 1.807) is 12.5 Å². The topological polar surface area (TPSA) is 26.3 Å². The van der Waals surface area contributed by atoms with Gasteiger partial charge in [0.25, 0.3) is 0 Å². The molecule has 0 spiro atoms. The second kappa shape index (κ2) is 10.1. The summed E-state index contributed by atoms with van der Waals surface area (Å²) in [5, 5.41) is 0. The monoisotopic (exact) mass is 572 g/mol. The summed E-state index contributed by atoms with van der Waals surface area (Å²) in [5.74, 6) is 1.92. The van der Waals surface area contributed by atoms with Gasteiger partial charge in [0.15, 0.2) is 0 Å². The number of hydrogen-bond donors (Lipinski definition) is 0. The van der Waals surface area contributed by atoms with Crippen LogP contribution in [0.5, 0.6) is 0 Å². The van der Waals surface area contributed by atoms with Crippen molar-refractivity contribution < 1.29 is 8.83 Å². The summed E-state index contributed by atoms with van der Waals surface area (Å²) in [6, 6.07) is 43.4. The first-order valence-corrected chi connectivity index (χ1v) is 18.1. The molecular weight excluding hydrogens is 541 g/mol. The van der Waals surface area contributed by atoms with Crippen molar-refractivity contribution in [3.63, 3.8) is 0 Å². The van der Waals surface area contributed by atoms with Gasteiger partial charge in [-0.15, -0.1) is 0 Å². The molecule has 2 aromatic heterocycles. The molecule has 2 aliphatic rings. The first kappa shape index (κ1) is 25.8. The third-order valence-electron chi connectivity index (χ3n) is 9.39. The molecule has 0 bridgehead atoms. The van der Waals surface area contributed by atoms with Crippen LogP contribution in [0.3, 0.4) is 0 Å². The number of benzene rings is 4. The summed E-state index contributed by atoms with van der Waals surface area (Å²) in [5.41, 5.74) is 13.5. The highest BCUT2D eigenvalue weighted by atomic mass is 28.3. The predicted molar refractivity (Wildman–Crippen MR) is 180 cm³/mol. The molecule has 4 aromatic carbocycles. The van der Waals surface area contributed by atoms with Gasteiger partial charge in [0.1, 0.15) is 11.5 Å². The molecule has 3 heteroatoms. The highest BCUT2D eigenvalue weighted by Gasteiger charge is 2.50. The van der Waals surface area contributed by atoms with E-state index in [9.17, 15) is 0 Å². The van der Waals surface area contributed by atoms with Crippen LogP contribution in [0, 0.1) is 0 Å². The van der Waals surface area contributed by atoms with Gasteiger partial charge in [0.05, 0.1) is 20.6 Å². The maximum atomic E-state index is 6.15. The molecule has 2 nitrogen and oxygen atoms in total. The standard InChI is InChI=1S/C40H32O2Si/c1-43(2,39-31-19-9-17-29(27-13-5-3-6-14-27)33(31)25-35(39)37-21-11-23-41-37)40-32-20-10-18-30(28-15-7-4-8-16-28)34(32)26-36(40)38-22-12-24-42-38/h3-26,39-40H,1-2H3. The predicted octanol–water partition coefficient (Wildman–Crippen LogP) is 11.0. The van der Waals surface area contributed by atoms with Gasteiger partial charge in [-0.25, -0.2) is 0 Å². The lowest BCUT2D eigenvalue weighted by Gasteiger charge is -2.39. The fraction of sp³-hybridized carbons (Fsp3) is 0.100. The fourth-order valence-electron chi connectivity index (χ4n) is 7.63. The lowest BCUT2D eigenvalue weighted by atomic mass is 9.97. The maximum absolute atomic E-state index is 6.15. The molecule has 2 aliphatic carbocycles.